The van der Waals surface area contributed by atoms with Crippen molar-refractivity contribution in [3.05, 3.63) is 254 Å². The van der Waals surface area contributed by atoms with Gasteiger partial charge in [-0.05, 0) is 128 Å². The fourth-order valence-electron chi connectivity index (χ4n) is 8.05. The smallest absolute Gasteiger partial charge is 0.0468 e. The molecule has 10 aromatic rings. The molecule has 0 saturated heterocycles. The van der Waals surface area contributed by atoms with Gasteiger partial charge in [-0.15, -0.1) is 0 Å². The Morgan fingerprint density at radius 1 is 0.217 bits per heavy atom. The van der Waals surface area contributed by atoms with E-state index >= 15 is 0 Å². The Bertz CT molecular complexity index is 2830. The third kappa shape index (κ3) is 7.70. The molecule has 0 unspecified atom stereocenters. The van der Waals surface area contributed by atoms with Gasteiger partial charge < -0.3 is 9.80 Å². The minimum absolute atomic E-state index is 1.10. The zero-order valence-electron chi connectivity index (χ0n) is 33.1. The summed E-state index contributed by atoms with van der Waals surface area (Å²) < 4.78 is 0. The Hall–Kier alpha value is -7.94. The van der Waals surface area contributed by atoms with Gasteiger partial charge in [0.05, 0.1) is 0 Å². The van der Waals surface area contributed by atoms with Gasteiger partial charge in [-0.1, -0.05) is 182 Å². The molecule has 0 radical (unpaired) electrons. The van der Waals surface area contributed by atoms with Crippen molar-refractivity contribution in [3.63, 3.8) is 0 Å². The third-order valence-electron chi connectivity index (χ3n) is 11.2. The Labute approximate surface area is 352 Å². The van der Waals surface area contributed by atoms with Crippen molar-refractivity contribution in [1.82, 2.24) is 0 Å². The zero-order valence-corrected chi connectivity index (χ0v) is 33.1. The lowest BCUT2D eigenvalue weighted by Crippen LogP contribution is -2.10. The van der Waals surface area contributed by atoms with E-state index in [-0.39, 0.29) is 0 Å². The van der Waals surface area contributed by atoms with Crippen LogP contribution in [0.4, 0.5) is 34.1 Å². The average molecular weight is 767 g/mol. The van der Waals surface area contributed by atoms with E-state index in [1.807, 2.05) is 0 Å². The van der Waals surface area contributed by atoms with Crippen LogP contribution in [-0.2, 0) is 0 Å². The molecule has 2 heteroatoms. The second kappa shape index (κ2) is 16.5. The fraction of sp³-hybridized carbons (Fsp3) is 0. The third-order valence-corrected chi connectivity index (χ3v) is 11.2. The summed E-state index contributed by atoms with van der Waals surface area (Å²) in [4.78, 5) is 4.67. The van der Waals surface area contributed by atoms with Crippen LogP contribution >= 0.6 is 0 Å². The van der Waals surface area contributed by atoms with Crippen LogP contribution in [0.5, 0.6) is 0 Å². The number of fused-ring (bicyclic) bond motifs is 2. The molecule has 10 aromatic carbocycles. The molecule has 0 N–H and O–H groups in total. The first-order chi connectivity index (χ1) is 29.7. The maximum atomic E-state index is 2.34. The van der Waals surface area contributed by atoms with Gasteiger partial charge in [0.15, 0.2) is 0 Å². The highest BCUT2D eigenvalue weighted by Crippen LogP contribution is 2.39. The maximum absolute atomic E-state index is 2.34. The number of rotatable bonds is 10. The van der Waals surface area contributed by atoms with Crippen molar-refractivity contribution in [3.8, 4) is 22.3 Å². The highest BCUT2D eigenvalue weighted by molar-refractivity contribution is 5.91. The Morgan fingerprint density at radius 2 is 0.500 bits per heavy atom. The molecule has 0 aliphatic carbocycles. The van der Waals surface area contributed by atoms with Crippen molar-refractivity contribution in [1.29, 1.82) is 0 Å². The Morgan fingerprint density at radius 3 is 0.867 bits per heavy atom. The minimum atomic E-state index is 1.10. The van der Waals surface area contributed by atoms with Crippen molar-refractivity contribution in [2.24, 2.45) is 0 Å². The van der Waals surface area contributed by atoms with E-state index in [2.05, 4.69) is 265 Å². The van der Waals surface area contributed by atoms with E-state index in [0.29, 0.717) is 0 Å². The van der Waals surface area contributed by atoms with Gasteiger partial charge in [0.2, 0.25) is 0 Å². The first kappa shape index (κ1) is 36.4. The van der Waals surface area contributed by atoms with Crippen molar-refractivity contribution in [2.45, 2.75) is 0 Å². The van der Waals surface area contributed by atoms with Crippen LogP contribution in [0, 0.1) is 0 Å². The summed E-state index contributed by atoms with van der Waals surface area (Å²) in [6, 6.07) is 87.0. The normalized spacial score (nSPS) is 11.3. The van der Waals surface area contributed by atoms with E-state index in [9.17, 15) is 0 Å². The summed E-state index contributed by atoms with van der Waals surface area (Å²) in [5, 5.41) is 4.89. The zero-order chi connectivity index (χ0) is 40.1. The first-order valence-electron chi connectivity index (χ1n) is 20.5. The SMILES string of the molecule is C(=C\c1ccc(N(c2ccc(-c3ccccc3)cc2)c2ccc3ccccc3c2)cc1)/c1ccc(N(c2ccc(-c3ccccc3)cc2)c2ccc3ccccc3c2)cc1. The van der Waals surface area contributed by atoms with E-state index in [1.165, 1.54) is 43.8 Å². The number of benzene rings is 10. The van der Waals surface area contributed by atoms with E-state index in [1.54, 1.807) is 0 Å². The average Bonchev–Trinajstić information content (AvgIpc) is 3.33. The summed E-state index contributed by atoms with van der Waals surface area (Å²) in [7, 11) is 0. The summed E-state index contributed by atoms with van der Waals surface area (Å²) in [6.45, 7) is 0. The molecule has 0 fully saturated rings. The molecule has 0 saturated carbocycles. The van der Waals surface area contributed by atoms with E-state index in [4.69, 9.17) is 0 Å². The van der Waals surface area contributed by atoms with Gasteiger partial charge in [-0.2, -0.15) is 0 Å². The van der Waals surface area contributed by atoms with E-state index < -0.39 is 0 Å². The standard InChI is InChI=1S/C58H42N2/c1-3-11-45(12-4-1)49-25-35-55(36-26-49)59(57-39-29-47-15-7-9-17-51(47)41-57)53-31-21-43(22-32-53)19-20-44-23-33-54(34-24-44)60(58-40-30-48-16-8-10-18-52(48)42-58)56-37-27-50(28-38-56)46-13-5-2-6-14-46/h1-42H/b20-19+. The molecule has 0 amide bonds. The van der Waals surface area contributed by atoms with Crippen LogP contribution < -0.4 is 9.80 Å². The minimum Gasteiger partial charge on any atom is -0.310 e. The predicted octanol–water partition coefficient (Wildman–Crippen LogP) is 16.4. The van der Waals surface area contributed by atoms with Crippen LogP contribution in [0.2, 0.25) is 0 Å². The summed E-state index contributed by atoms with van der Waals surface area (Å²) >= 11 is 0. The topological polar surface area (TPSA) is 6.48 Å². The van der Waals surface area contributed by atoms with Crippen molar-refractivity contribution < 1.29 is 0 Å². The maximum Gasteiger partial charge on any atom is 0.0468 e. The summed E-state index contributed by atoms with van der Waals surface area (Å²) in [5.41, 5.74) is 13.8. The molecular formula is C58H42N2. The van der Waals surface area contributed by atoms with Gasteiger partial charge in [0.1, 0.15) is 0 Å². The van der Waals surface area contributed by atoms with Gasteiger partial charge in [-0.3, -0.25) is 0 Å². The van der Waals surface area contributed by atoms with Gasteiger partial charge in [0, 0.05) is 34.1 Å². The Kier molecular flexibility index (Phi) is 10.0. The predicted molar refractivity (Wildman–Crippen MR) is 257 cm³/mol. The molecule has 10 rings (SSSR count). The molecule has 60 heavy (non-hydrogen) atoms. The molecule has 0 aromatic heterocycles. The number of hydrogen-bond donors (Lipinski definition) is 0. The second-order valence-electron chi connectivity index (χ2n) is 15.1. The quantitative estimate of drug-likeness (QED) is 0.128. The summed E-state index contributed by atoms with van der Waals surface area (Å²) in [6.07, 6.45) is 4.38. The monoisotopic (exact) mass is 766 g/mol. The van der Waals surface area contributed by atoms with Gasteiger partial charge >= 0.3 is 0 Å². The molecular weight excluding hydrogens is 725 g/mol. The van der Waals surface area contributed by atoms with Crippen molar-refractivity contribution in [2.75, 3.05) is 9.80 Å². The van der Waals surface area contributed by atoms with Crippen LogP contribution in [0.1, 0.15) is 11.1 Å². The fourth-order valence-corrected chi connectivity index (χ4v) is 8.05. The van der Waals surface area contributed by atoms with Crippen LogP contribution in [-0.4, -0.2) is 0 Å². The van der Waals surface area contributed by atoms with Crippen LogP contribution in [0.3, 0.4) is 0 Å². The molecule has 0 bridgehead atoms. The largest absolute Gasteiger partial charge is 0.310 e. The molecule has 0 atom stereocenters. The highest BCUT2D eigenvalue weighted by Gasteiger charge is 2.15. The highest BCUT2D eigenvalue weighted by atomic mass is 15.1. The number of nitrogens with zero attached hydrogens (tertiary/aromatic N) is 2. The van der Waals surface area contributed by atoms with Gasteiger partial charge in [-0.25, -0.2) is 0 Å². The summed E-state index contributed by atoms with van der Waals surface area (Å²) in [5.74, 6) is 0. The van der Waals surface area contributed by atoms with Gasteiger partial charge in [0.25, 0.3) is 0 Å². The molecule has 2 nitrogen and oxygen atoms in total. The van der Waals surface area contributed by atoms with Crippen LogP contribution in [0.15, 0.2) is 243 Å². The molecule has 0 spiro atoms. The number of hydrogen-bond acceptors (Lipinski definition) is 2. The molecule has 0 aliphatic rings. The molecule has 0 aliphatic heterocycles. The lowest BCUT2D eigenvalue weighted by molar-refractivity contribution is 1.29. The second-order valence-corrected chi connectivity index (χ2v) is 15.1. The first-order valence-corrected chi connectivity index (χ1v) is 20.5. The number of anilines is 6. The molecule has 0 heterocycles. The van der Waals surface area contributed by atoms with Crippen molar-refractivity contribution >= 4 is 67.8 Å². The molecule has 284 valence electrons. The van der Waals surface area contributed by atoms with E-state index in [0.717, 1.165) is 45.3 Å². The Balaban J connectivity index is 0.927. The van der Waals surface area contributed by atoms with Crippen LogP contribution in [0.25, 0.3) is 56.0 Å². The lowest BCUT2D eigenvalue weighted by Gasteiger charge is -2.26. The lowest BCUT2D eigenvalue weighted by atomic mass is 10.0.